The zero-order chi connectivity index (χ0) is 27.9. The molecule has 38 heavy (non-hydrogen) atoms. The number of allylic oxidation sites excluding steroid dienone is 4. The number of hydrogen-bond donors (Lipinski definition) is 5. The molecule has 2 aliphatic rings. The van der Waals surface area contributed by atoms with Crippen LogP contribution in [0.5, 0.6) is 0 Å². The first-order chi connectivity index (χ1) is 18.4. The highest BCUT2D eigenvalue weighted by atomic mass is 19.1. The normalized spacial score (nSPS) is 19.4. The van der Waals surface area contributed by atoms with Crippen LogP contribution in [0.25, 0.3) is 5.57 Å². The number of amides is 2. The van der Waals surface area contributed by atoms with E-state index in [2.05, 4.69) is 16.1 Å². The summed E-state index contributed by atoms with van der Waals surface area (Å²) >= 11 is 0. The second-order valence-electron chi connectivity index (χ2n) is 8.91. The third-order valence-corrected chi connectivity index (χ3v) is 6.37. The van der Waals surface area contributed by atoms with E-state index >= 15 is 0 Å². The molecule has 1 aromatic carbocycles. The Morgan fingerprint density at radius 2 is 2.00 bits per heavy atom. The Bertz CT molecular complexity index is 993. The minimum atomic E-state index is -0.435. The zero-order valence-corrected chi connectivity index (χ0v) is 22.8. The maximum absolute atomic E-state index is 15.0. The molecule has 0 radical (unpaired) electrons. The highest BCUT2D eigenvalue weighted by Gasteiger charge is 2.35. The number of carbonyl (C=O) groups excluding carboxylic acids is 2. The molecule has 2 amide bonds. The standard InChI is InChI=1S/C26H37FN6O3.C2H6/c1-2-25(34)31-16-22-17-33(26(35)36-22)21-9-11-23(24(27)12-10-21)19-7-5-18(6-8-19)15-30-13-3-4-20(14-28)32-29;1-2/h5-9,11,14,21-22,30,32H,2-4,10,12-13,15-17,28-29H2,1H3,(H,31,34);1-2H3/b20-14-;. The van der Waals surface area contributed by atoms with Crippen LogP contribution in [-0.4, -0.2) is 48.7 Å². The Morgan fingerprint density at radius 1 is 1.26 bits per heavy atom. The molecule has 1 aromatic rings. The minimum Gasteiger partial charge on any atom is -0.442 e. The van der Waals surface area contributed by atoms with Crippen molar-refractivity contribution in [3.05, 3.63) is 65.3 Å². The Kier molecular flexibility index (Phi) is 13.4. The molecule has 210 valence electrons. The van der Waals surface area contributed by atoms with Crippen LogP contribution in [0.4, 0.5) is 9.18 Å². The van der Waals surface area contributed by atoms with Crippen LogP contribution in [-0.2, 0) is 16.1 Å². The summed E-state index contributed by atoms with van der Waals surface area (Å²) in [6.45, 7) is 7.93. The molecule has 1 aliphatic heterocycles. The fourth-order valence-electron chi connectivity index (χ4n) is 4.23. The molecule has 1 heterocycles. The summed E-state index contributed by atoms with van der Waals surface area (Å²) < 4.78 is 20.4. The maximum Gasteiger partial charge on any atom is 0.410 e. The molecule has 10 heteroatoms. The third-order valence-electron chi connectivity index (χ3n) is 6.37. The molecule has 0 saturated carbocycles. The van der Waals surface area contributed by atoms with Crippen molar-refractivity contribution in [2.24, 2.45) is 11.6 Å². The van der Waals surface area contributed by atoms with Crippen molar-refractivity contribution in [2.75, 3.05) is 19.6 Å². The lowest BCUT2D eigenvalue weighted by Gasteiger charge is -2.21. The quantitative estimate of drug-likeness (QED) is 0.158. The van der Waals surface area contributed by atoms with E-state index in [0.717, 1.165) is 36.2 Å². The Labute approximate surface area is 225 Å². The van der Waals surface area contributed by atoms with Gasteiger partial charge in [0, 0.05) is 36.9 Å². The lowest BCUT2D eigenvalue weighted by molar-refractivity contribution is -0.121. The number of nitrogens with two attached hydrogens (primary N) is 2. The monoisotopic (exact) mass is 530 g/mol. The van der Waals surface area contributed by atoms with Crippen LogP contribution in [0.3, 0.4) is 0 Å². The first-order valence-electron chi connectivity index (χ1n) is 13.4. The predicted molar refractivity (Wildman–Crippen MR) is 149 cm³/mol. The number of benzene rings is 1. The molecule has 1 aliphatic carbocycles. The number of rotatable bonds is 12. The van der Waals surface area contributed by atoms with Gasteiger partial charge in [-0.15, -0.1) is 0 Å². The van der Waals surface area contributed by atoms with Crippen LogP contribution >= 0.6 is 0 Å². The summed E-state index contributed by atoms with van der Waals surface area (Å²) in [6, 6.07) is 7.54. The van der Waals surface area contributed by atoms with Gasteiger partial charge in [-0.3, -0.25) is 15.5 Å². The number of nitrogens with one attached hydrogen (secondary N) is 3. The lowest BCUT2D eigenvalue weighted by atomic mass is 10.0. The van der Waals surface area contributed by atoms with Gasteiger partial charge in [0.1, 0.15) is 11.9 Å². The van der Waals surface area contributed by atoms with Crippen LogP contribution in [0, 0.1) is 0 Å². The van der Waals surface area contributed by atoms with E-state index in [9.17, 15) is 14.0 Å². The fourth-order valence-corrected chi connectivity index (χ4v) is 4.23. The molecule has 9 nitrogen and oxygen atoms in total. The number of hydrazine groups is 1. The van der Waals surface area contributed by atoms with Gasteiger partial charge in [-0.2, -0.15) is 0 Å². The summed E-state index contributed by atoms with van der Waals surface area (Å²) in [5.41, 5.74) is 11.3. The van der Waals surface area contributed by atoms with Gasteiger partial charge in [0.05, 0.1) is 19.1 Å². The summed E-state index contributed by atoms with van der Waals surface area (Å²) in [7, 11) is 0. The molecule has 1 saturated heterocycles. The van der Waals surface area contributed by atoms with E-state index in [0.29, 0.717) is 31.5 Å². The maximum atomic E-state index is 15.0. The van der Waals surface area contributed by atoms with Crippen molar-refractivity contribution in [2.45, 2.75) is 71.6 Å². The number of nitrogens with zero attached hydrogens (tertiary/aromatic N) is 1. The van der Waals surface area contributed by atoms with E-state index in [1.165, 1.54) is 6.20 Å². The average Bonchev–Trinajstić information content (AvgIpc) is 3.21. The van der Waals surface area contributed by atoms with Crippen molar-refractivity contribution in [1.29, 1.82) is 0 Å². The average molecular weight is 531 g/mol. The van der Waals surface area contributed by atoms with Crippen molar-refractivity contribution >= 4 is 17.6 Å². The first-order valence-corrected chi connectivity index (χ1v) is 13.4. The number of halogens is 1. The molecule has 1 fully saturated rings. The van der Waals surface area contributed by atoms with Crippen molar-refractivity contribution in [3.8, 4) is 0 Å². The number of ether oxygens (including phenoxy) is 1. The molecule has 0 spiro atoms. The third kappa shape index (κ3) is 9.18. The van der Waals surface area contributed by atoms with Gasteiger partial charge in [-0.1, -0.05) is 57.2 Å². The largest absolute Gasteiger partial charge is 0.442 e. The van der Waals surface area contributed by atoms with Crippen LogP contribution < -0.4 is 27.6 Å². The molecule has 0 bridgehead atoms. The summed E-state index contributed by atoms with van der Waals surface area (Å²) in [5.74, 6) is 5.08. The summed E-state index contributed by atoms with van der Waals surface area (Å²) in [6.07, 6.45) is 7.00. The van der Waals surface area contributed by atoms with Gasteiger partial charge < -0.3 is 26.5 Å². The van der Waals surface area contributed by atoms with Crippen molar-refractivity contribution < 1.29 is 18.7 Å². The topological polar surface area (TPSA) is 135 Å². The Hall–Kier alpha value is -3.37. The van der Waals surface area contributed by atoms with E-state index in [-0.39, 0.29) is 30.7 Å². The number of cyclic esters (lactones) is 1. The second kappa shape index (κ2) is 16.5. The molecule has 7 N–H and O–H groups in total. The number of hydrogen-bond acceptors (Lipinski definition) is 7. The fraction of sp³-hybridized carbons (Fsp3) is 0.500. The minimum absolute atomic E-state index is 0.0878. The van der Waals surface area contributed by atoms with Gasteiger partial charge in [0.2, 0.25) is 5.91 Å². The highest BCUT2D eigenvalue weighted by Crippen LogP contribution is 2.31. The number of carbonyl (C=O) groups is 2. The molecule has 3 rings (SSSR count). The van der Waals surface area contributed by atoms with Crippen LogP contribution in [0.1, 0.15) is 64.0 Å². The predicted octanol–water partition coefficient (Wildman–Crippen LogP) is 3.59. The van der Waals surface area contributed by atoms with Gasteiger partial charge in [-0.05, 0) is 36.9 Å². The van der Waals surface area contributed by atoms with Gasteiger partial charge in [-0.25, -0.2) is 9.18 Å². The molecule has 2 atom stereocenters. The highest BCUT2D eigenvalue weighted by molar-refractivity contribution is 5.77. The van der Waals surface area contributed by atoms with E-state index in [1.54, 1.807) is 17.9 Å². The summed E-state index contributed by atoms with van der Waals surface area (Å²) in [4.78, 5) is 25.5. The second-order valence-corrected chi connectivity index (χ2v) is 8.91. The van der Waals surface area contributed by atoms with Crippen molar-refractivity contribution in [1.82, 2.24) is 21.0 Å². The SMILES string of the molecule is CC.CCC(=O)NCC1CN(C2C=CC(c3ccc(CNCCC/C(=C/N)NN)cc3)=C(F)CC2)C(=O)O1. The molecule has 2 unspecified atom stereocenters. The summed E-state index contributed by atoms with van der Waals surface area (Å²) in [5, 5.41) is 6.13. The smallest absolute Gasteiger partial charge is 0.410 e. The van der Waals surface area contributed by atoms with Gasteiger partial charge in [0.15, 0.2) is 0 Å². The first kappa shape index (κ1) is 30.9. The van der Waals surface area contributed by atoms with E-state index in [1.807, 2.05) is 44.2 Å². The molecular weight excluding hydrogens is 487 g/mol. The Balaban J connectivity index is 0.00000247. The molecule has 0 aromatic heterocycles. The van der Waals surface area contributed by atoms with Gasteiger partial charge >= 0.3 is 6.09 Å². The van der Waals surface area contributed by atoms with E-state index < -0.39 is 12.2 Å². The van der Waals surface area contributed by atoms with Crippen LogP contribution in [0.15, 0.2) is 54.1 Å². The lowest BCUT2D eigenvalue weighted by Crippen LogP contribution is -2.37. The van der Waals surface area contributed by atoms with Gasteiger partial charge in [0.25, 0.3) is 0 Å². The van der Waals surface area contributed by atoms with Crippen molar-refractivity contribution in [3.63, 3.8) is 0 Å². The molecular formula is C28H43FN6O3. The van der Waals surface area contributed by atoms with E-state index in [4.69, 9.17) is 16.3 Å². The Morgan fingerprint density at radius 3 is 2.66 bits per heavy atom. The zero-order valence-electron chi connectivity index (χ0n) is 22.8. The van der Waals surface area contributed by atoms with Crippen LogP contribution in [0.2, 0.25) is 0 Å².